The molecule has 1 aromatic rings. The molecule has 13 heavy (non-hydrogen) atoms. The molecule has 0 aromatic heterocycles. The third-order valence-corrected chi connectivity index (χ3v) is 3.42. The van der Waals surface area contributed by atoms with E-state index in [9.17, 15) is 0 Å². The molecule has 0 saturated carbocycles. The van der Waals surface area contributed by atoms with Crippen LogP contribution < -0.4 is 4.90 Å². The molecule has 0 aliphatic heterocycles. The maximum absolute atomic E-state index is 3.49. The van der Waals surface area contributed by atoms with Crippen molar-refractivity contribution >= 4 is 44.2 Å². The van der Waals surface area contributed by atoms with Gasteiger partial charge in [0.2, 0.25) is 0 Å². The van der Waals surface area contributed by atoms with Crippen LogP contribution in [0, 0.1) is 3.57 Å². The Labute approximate surface area is 102 Å². The highest BCUT2D eigenvalue weighted by molar-refractivity contribution is 14.1. The van der Waals surface area contributed by atoms with E-state index >= 15 is 0 Å². The number of nitrogens with zero attached hydrogens (tertiary/aromatic N) is 1. The van der Waals surface area contributed by atoms with Crippen LogP contribution in [0.4, 0.5) is 5.69 Å². The highest BCUT2D eigenvalue weighted by Crippen LogP contribution is 2.26. The van der Waals surface area contributed by atoms with Crippen molar-refractivity contribution in [3.63, 3.8) is 0 Å². The number of hydrogen-bond donors (Lipinski definition) is 0. The lowest BCUT2D eigenvalue weighted by Gasteiger charge is -2.22. The Kier molecular flexibility index (Phi) is 4.52. The quantitative estimate of drug-likeness (QED) is 0.745. The second-order valence-corrected chi connectivity index (χ2v) is 4.85. The highest BCUT2D eigenvalue weighted by atomic mass is 127. The first-order valence-corrected chi connectivity index (χ1v) is 6.26. The zero-order valence-electron chi connectivity index (χ0n) is 7.85. The molecule has 1 nitrogen and oxygen atoms in total. The first kappa shape index (κ1) is 11.3. The van der Waals surface area contributed by atoms with Crippen LogP contribution in [-0.2, 0) is 0 Å². The molecule has 0 bridgehead atoms. The Hall–Kier alpha value is 0.230. The molecule has 0 N–H and O–H groups in total. The van der Waals surface area contributed by atoms with Gasteiger partial charge in [0.1, 0.15) is 0 Å². The fraction of sp³-hybridized carbons (Fsp3) is 0.400. The predicted octanol–water partition coefficient (Wildman–Crippen LogP) is 3.90. The Morgan fingerprint density at radius 3 is 2.46 bits per heavy atom. The molecule has 72 valence electrons. The third kappa shape index (κ3) is 2.84. The molecule has 1 aromatic carbocycles. The molecule has 0 radical (unpaired) electrons. The van der Waals surface area contributed by atoms with Gasteiger partial charge in [-0.3, -0.25) is 0 Å². The molecule has 3 heteroatoms. The van der Waals surface area contributed by atoms with Crippen LogP contribution in [0.5, 0.6) is 0 Å². The van der Waals surface area contributed by atoms with Gasteiger partial charge in [0.15, 0.2) is 0 Å². The van der Waals surface area contributed by atoms with Crippen LogP contribution in [0.25, 0.3) is 0 Å². The predicted molar refractivity (Wildman–Crippen MR) is 70.4 cm³/mol. The number of halogens is 2. The number of rotatable bonds is 3. The summed E-state index contributed by atoms with van der Waals surface area (Å²) >= 11 is 5.87. The fourth-order valence-electron chi connectivity index (χ4n) is 1.29. The Morgan fingerprint density at radius 1 is 1.31 bits per heavy atom. The molecule has 0 amide bonds. The second-order valence-electron chi connectivity index (χ2n) is 2.77. The molecular weight excluding hydrogens is 341 g/mol. The van der Waals surface area contributed by atoms with Crippen molar-refractivity contribution in [1.29, 1.82) is 0 Å². The van der Waals surface area contributed by atoms with E-state index in [0.29, 0.717) is 0 Å². The van der Waals surface area contributed by atoms with Gasteiger partial charge in [-0.15, -0.1) is 0 Å². The summed E-state index contributed by atoms with van der Waals surface area (Å²) in [7, 11) is 0. The minimum Gasteiger partial charge on any atom is -0.371 e. The summed E-state index contributed by atoms with van der Waals surface area (Å²) in [6.07, 6.45) is 0. The maximum Gasteiger partial charge on any atom is 0.0513 e. The van der Waals surface area contributed by atoms with Crippen molar-refractivity contribution in [1.82, 2.24) is 0 Å². The Balaban J connectivity index is 3.03. The minimum atomic E-state index is 1.06. The van der Waals surface area contributed by atoms with Crippen molar-refractivity contribution in [2.24, 2.45) is 0 Å². The summed E-state index contributed by atoms with van der Waals surface area (Å²) in [5, 5.41) is 0. The maximum atomic E-state index is 3.49. The average molecular weight is 354 g/mol. The van der Waals surface area contributed by atoms with Crippen molar-refractivity contribution < 1.29 is 0 Å². The lowest BCUT2D eigenvalue weighted by molar-refractivity contribution is 0.863. The summed E-state index contributed by atoms with van der Waals surface area (Å²) in [4.78, 5) is 2.35. The van der Waals surface area contributed by atoms with Gasteiger partial charge < -0.3 is 4.90 Å². The topological polar surface area (TPSA) is 3.24 Å². The van der Waals surface area contributed by atoms with Gasteiger partial charge in [-0.05, 0) is 54.6 Å². The zero-order valence-corrected chi connectivity index (χ0v) is 11.6. The van der Waals surface area contributed by atoms with Crippen LogP contribution in [0.3, 0.4) is 0 Å². The normalized spacial score (nSPS) is 10.2. The van der Waals surface area contributed by atoms with E-state index in [0.717, 1.165) is 17.6 Å². The van der Waals surface area contributed by atoms with Gasteiger partial charge in [0, 0.05) is 21.1 Å². The summed E-state index contributed by atoms with van der Waals surface area (Å²) < 4.78 is 2.46. The Morgan fingerprint density at radius 2 is 1.92 bits per heavy atom. The number of hydrogen-bond acceptors (Lipinski definition) is 1. The SMILES string of the molecule is CCN(CC)c1cc(Br)ccc1I. The van der Waals surface area contributed by atoms with Crippen molar-refractivity contribution in [2.75, 3.05) is 18.0 Å². The molecule has 0 saturated heterocycles. The largest absolute Gasteiger partial charge is 0.371 e. The molecule has 0 spiro atoms. The van der Waals surface area contributed by atoms with Crippen molar-refractivity contribution in [2.45, 2.75) is 13.8 Å². The molecule has 1 rings (SSSR count). The van der Waals surface area contributed by atoms with Gasteiger partial charge in [0.25, 0.3) is 0 Å². The average Bonchev–Trinajstić information content (AvgIpc) is 2.13. The Bertz CT molecular complexity index is 284. The summed E-state index contributed by atoms with van der Waals surface area (Å²) in [5.41, 5.74) is 1.32. The van der Waals surface area contributed by atoms with Crippen LogP contribution in [-0.4, -0.2) is 13.1 Å². The van der Waals surface area contributed by atoms with Gasteiger partial charge in [-0.1, -0.05) is 15.9 Å². The molecule has 0 aliphatic carbocycles. The lowest BCUT2D eigenvalue weighted by Crippen LogP contribution is -2.22. The zero-order chi connectivity index (χ0) is 9.84. The fourth-order valence-corrected chi connectivity index (χ4v) is 2.32. The van der Waals surface area contributed by atoms with Gasteiger partial charge >= 0.3 is 0 Å². The van der Waals surface area contributed by atoms with E-state index in [1.54, 1.807) is 0 Å². The molecule has 0 heterocycles. The van der Waals surface area contributed by atoms with Crippen LogP contribution in [0.15, 0.2) is 22.7 Å². The van der Waals surface area contributed by atoms with E-state index in [2.05, 4.69) is 75.5 Å². The van der Waals surface area contributed by atoms with Crippen LogP contribution in [0.2, 0.25) is 0 Å². The van der Waals surface area contributed by atoms with E-state index in [1.807, 2.05) is 0 Å². The monoisotopic (exact) mass is 353 g/mol. The third-order valence-electron chi connectivity index (χ3n) is 2.01. The summed E-state index contributed by atoms with van der Waals surface area (Å²) in [6, 6.07) is 6.39. The van der Waals surface area contributed by atoms with E-state index < -0.39 is 0 Å². The summed E-state index contributed by atoms with van der Waals surface area (Å²) in [6.45, 7) is 6.48. The van der Waals surface area contributed by atoms with E-state index in [-0.39, 0.29) is 0 Å². The molecule has 0 aliphatic rings. The first-order chi connectivity index (χ1) is 6.19. The first-order valence-electron chi connectivity index (χ1n) is 4.39. The standard InChI is InChI=1S/C10H13BrIN/c1-3-13(4-2)10-7-8(11)5-6-9(10)12/h5-7H,3-4H2,1-2H3. The molecule has 0 unspecified atom stereocenters. The van der Waals surface area contributed by atoms with Crippen LogP contribution in [0.1, 0.15) is 13.8 Å². The smallest absolute Gasteiger partial charge is 0.0513 e. The molecule has 0 atom stereocenters. The summed E-state index contributed by atoms with van der Waals surface area (Å²) in [5.74, 6) is 0. The van der Waals surface area contributed by atoms with Gasteiger partial charge in [-0.25, -0.2) is 0 Å². The van der Waals surface area contributed by atoms with E-state index in [1.165, 1.54) is 9.26 Å². The van der Waals surface area contributed by atoms with Gasteiger partial charge in [0.05, 0.1) is 5.69 Å². The highest BCUT2D eigenvalue weighted by Gasteiger charge is 2.06. The second kappa shape index (κ2) is 5.20. The van der Waals surface area contributed by atoms with Crippen molar-refractivity contribution in [3.8, 4) is 0 Å². The van der Waals surface area contributed by atoms with Crippen molar-refractivity contribution in [3.05, 3.63) is 26.2 Å². The number of benzene rings is 1. The van der Waals surface area contributed by atoms with Gasteiger partial charge in [-0.2, -0.15) is 0 Å². The molecule has 0 fully saturated rings. The van der Waals surface area contributed by atoms with Crippen LogP contribution >= 0.6 is 38.5 Å². The van der Waals surface area contributed by atoms with E-state index in [4.69, 9.17) is 0 Å². The molecular formula is C10H13BrIN. The number of anilines is 1. The minimum absolute atomic E-state index is 1.06. The lowest BCUT2D eigenvalue weighted by atomic mass is 10.3.